The molecule has 0 aromatic heterocycles. The van der Waals surface area contributed by atoms with E-state index >= 15 is 0 Å². The van der Waals surface area contributed by atoms with Crippen LogP contribution in [0.15, 0.2) is 78.4 Å². The van der Waals surface area contributed by atoms with Gasteiger partial charge in [0.2, 0.25) is 0 Å². The van der Waals surface area contributed by atoms with Gasteiger partial charge in [-0.15, -0.1) is 0 Å². The molecule has 0 spiro atoms. The molecule has 1 aliphatic heterocycles. The van der Waals surface area contributed by atoms with Crippen molar-refractivity contribution in [1.29, 1.82) is 0 Å². The number of amides is 1. The normalized spacial score (nSPS) is 16.9. The Morgan fingerprint density at radius 3 is 2.39 bits per heavy atom. The second-order valence-electron chi connectivity index (χ2n) is 8.68. The summed E-state index contributed by atoms with van der Waals surface area (Å²) in [5.74, 6) is -0.967. The highest BCUT2D eigenvalue weighted by atomic mass is 16.5. The van der Waals surface area contributed by atoms with Crippen LogP contribution < -0.4 is 4.74 Å². The largest absolute Gasteiger partial charge is 0.508 e. The number of hydrogen-bond donors (Lipinski definition) is 2. The van der Waals surface area contributed by atoms with Crippen LogP contribution in [0.1, 0.15) is 34.7 Å². The third-order valence-electron chi connectivity index (χ3n) is 6.20. The van der Waals surface area contributed by atoms with Gasteiger partial charge in [0.25, 0.3) is 11.7 Å². The molecule has 1 heterocycles. The Kier molecular flexibility index (Phi) is 7.71. The van der Waals surface area contributed by atoms with Gasteiger partial charge in [-0.1, -0.05) is 42.5 Å². The van der Waals surface area contributed by atoms with E-state index in [9.17, 15) is 19.8 Å². The van der Waals surface area contributed by atoms with Gasteiger partial charge in [0.05, 0.1) is 11.6 Å². The molecule has 1 aliphatic rings. The summed E-state index contributed by atoms with van der Waals surface area (Å²) in [4.78, 5) is 27.6. The number of phenolic OH excluding ortho intramolecular Hbond substituents is 1. The highest BCUT2D eigenvalue weighted by Gasteiger charge is 2.45. The number of aliphatic hydroxyl groups is 1. The number of rotatable bonds is 9. The van der Waals surface area contributed by atoms with Crippen molar-refractivity contribution in [3.8, 4) is 11.5 Å². The smallest absolute Gasteiger partial charge is 0.295 e. The number of nitrogens with zero attached hydrogens (tertiary/aromatic N) is 1. The quantitative estimate of drug-likeness (QED) is 0.196. The highest BCUT2D eigenvalue weighted by molar-refractivity contribution is 6.46. The number of aliphatic hydroxyl groups excluding tert-OH is 1. The lowest BCUT2D eigenvalue weighted by molar-refractivity contribution is -0.140. The first-order valence-corrected chi connectivity index (χ1v) is 11.7. The van der Waals surface area contributed by atoms with Crippen molar-refractivity contribution in [3.05, 3.63) is 101 Å². The average Bonchev–Trinajstić information content (AvgIpc) is 3.13. The van der Waals surface area contributed by atoms with Crippen LogP contribution in [0, 0.1) is 6.92 Å². The number of hydrogen-bond acceptors (Lipinski definition) is 6. The Labute approximate surface area is 210 Å². The minimum Gasteiger partial charge on any atom is -0.508 e. The number of aryl methyl sites for hydroxylation is 1. The van der Waals surface area contributed by atoms with Gasteiger partial charge < -0.3 is 24.6 Å². The van der Waals surface area contributed by atoms with Crippen molar-refractivity contribution in [1.82, 2.24) is 4.90 Å². The van der Waals surface area contributed by atoms with Crippen molar-refractivity contribution in [2.75, 3.05) is 20.3 Å². The van der Waals surface area contributed by atoms with Crippen LogP contribution in [0.3, 0.4) is 0 Å². The molecule has 0 saturated carbocycles. The molecule has 7 nitrogen and oxygen atoms in total. The lowest BCUT2D eigenvalue weighted by Crippen LogP contribution is -2.31. The van der Waals surface area contributed by atoms with Gasteiger partial charge in [0, 0.05) is 25.8 Å². The maximum atomic E-state index is 13.1. The molecule has 1 atom stereocenters. The van der Waals surface area contributed by atoms with Crippen molar-refractivity contribution < 1.29 is 29.3 Å². The Balaban J connectivity index is 1.68. The number of aromatic hydroxyl groups is 1. The van der Waals surface area contributed by atoms with Gasteiger partial charge in [-0.05, 0) is 60.4 Å². The fourth-order valence-corrected chi connectivity index (χ4v) is 4.37. The van der Waals surface area contributed by atoms with Crippen LogP contribution >= 0.6 is 0 Å². The molecular formula is C29H29NO6. The van der Waals surface area contributed by atoms with Crippen molar-refractivity contribution in [3.63, 3.8) is 0 Å². The van der Waals surface area contributed by atoms with E-state index in [0.29, 0.717) is 42.1 Å². The van der Waals surface area contributed by atoms with Crippen molar-refractivity contribution >= 4 is 17.4 Å². The van der Waals surface area contributed by atoms with Crippen molar-refractivity contribution in [2.24, 2.45) is 0 Å². The number of carbonyl (C=O) groups excluding carboxylic acids is 2. The second-order valence-corrected chi connectivity index (χ2v) is 8.68. The summed E-state index contributed by atoms with van der Waals surface area (Å²) >= 11 is 0. The first-order chi connectivity index (χ1) is 17.4. The predicted octanol–water partition coefficient (Wildman–Crippen LogP) is 4.74. The van der Waals surface area contributed by atoms with E-state index in [1.165, 1.54) is 17.0 Å². The van der Waals surface area contributed by atoms with Gasteiger partial charge in [0.1, 0.15) is 23.9 Å². The predicted molar refractivity (Wildman–Crippen MR) is 136 cm³/mol. The van der Waals surface area contributed by atoms with E-state index < -0.39 is 17.7 Å². The zero-order chi connectivity index (χ0) is 25.7. The van der Waals surface area contributed by atoms with Crippen molar-refractivity contribution in [2.45, 2.75) is 26.0 Å². The molecule has 0 unspecified atom stereocenters. The Hall–Kier alpha value is -4.10. The minimum atomic E-state index is -0.782. The molecule has 3 aromatic rings. The highest BCUT2D eigenvalue weighted by Crippen LogP contribution is 2.40. The van der Waals surface area contributed by atoms with Gasteiger partial charge >= 0.3 is 0 Å². The number of phenols is 1. The summed E-state index contributed by atoms with van der Waals surface area (Å²) in [6.45, 7) is 2.93. The zero-order valence-electron chi connectivity index (χ0n) is 20.3. The van der Waals surface area contributed by atoms with E-state index in [-0.39, 0.29) is 23.6 Å². The van der Waals surface area contributed by atoms with E-state index in [0.717, 1.165) is 5.56 Å². The van der Waals surface area contributed by atoms with Crippen LogP contribution in [0.25, 0.3) is 5.76 Å². The van der Waals surface area contributed by atoms with Gasteiger partial charge in [-0.25, -0.2) is 0 Å². The second kappa shape index (κ2) is 11.1. The zero-order valence-corrected chi connectivity index (χ0v) is 20.3. The summed E-state index contributed by atoms with van der Waals surface area (Å²) in [5.41, 5.74) is 2.81. The fourth-order valence-electron chi connectivity index (χ4n) is 4.37. The first kappa shape index (κ1) is 25.0. The molecule has 2 N–H and O–H groups in total. The fraction of sp³-hybridized carbons (Fsp3) is 0.241. The summed E-state index contributed by atoms with van der Waals surface area (Å²) in [6, 6.07) is 20.5. The average molecular weight is 488 g/mol. The van der Waals surface area contributed by atoms with Crippen LogP contribution in [0.5, 0.6) is 11.5 Å². The number of Topliss-reactive ketones (excluding diaryl/α,β-unsaturated/α-hetero) is 1. The minimum absolute atomic E-state index is 0.0177. The SMILES string of the molecule is COCCCN1C(=O)C(=O)C(=C(O)c2ccc(OCc3ccccc3)cc2C)[C@@H]1c1ccc(O)cc1. The number of likely N-dealkylation sites (tertiary alicyclic amines) is 1. The Morgan fingerprint density at radius 2 is 1.72 bits per heavy atom. The summed E-state index contributed by atoms with van der Waals surface area (Å²) in [5, 5.41) is 21.1. The number of carbonyl (C=O) groups is 2. The molecule has 3 aromatic carbocycles. The van der Waals surface area contributed by atoms with Gasteiger partial charge in [0.15, 0.2) is 0 Å². The molecule has 0 radical (unpaired) electrons. The van der Waals surface area contributed by atoms with E-state index in [2.05, 4.69) is 0 Å². The molecule has 1 amide bonds. The molecule has 36 heavy (non-hydrogen) atoms. The molecule has 0 aliphatic carbocycles. The van der Waals surface area contributed by atoms with Crippen LogP contribution in [-0.4, -0.2) is 47.1 Å². The molecule has 4 rings (SSSR count). The number of ether oxygens (including phenoxy) is 2. The van der Waals surface area contributed by atoms with Crippen LogP contribution in [0.2, 0.25) is 0 Å². The lowest BCUT2D eigenvalue weighted by Gasteiger charge is -2.25. The Morgan fingerprint density at radius 1 is 1.00 bits per heavy atom. The van der Waals surface area contributed by atoms with Gasteiger partial charge in [-0.3, -0.25) is 9.59 Å². The standard InChI is InChI=1S/C29H29NO6/c1-19-17-23(36-18-20-7-4-3-5-8-20)13-14-24(19)27(32)25-26(21-9-11-22(31)12-10-21)30(15-6-16-35-2)29(34)28(25)33/h3-5,7-14,17,26,31-32H,6,15-16,18H2,1-2H3/t26-/m0/s1. The van der Waals surface area contributed by atoms with Crippen LogP contribution in [-0.2, 0) is 20.9 Å². The first-order valence-electron chi connectivity index (χ1n) is 11.7. The molecular weight excluding hydrogens is 458 g/mol. The Bertz CT molecular complexity index is 1270. The summed E-state index contributed by atoms with van der Waals surface area (Å²) < 4.78 is 11.0. The monoisotopic (exact) mass is 487 g/mol. The maximum Gasteiger partial charge on any atom is 0.295 e. The number of methoxy groups -OCH3 is 1. The molecule has 1 fully saturated rings. The summed E-state index contributed by atoms with van der Waals surface area (Å²) in [6.07, 6.45) is 0.532. The van der Waals surface area contributed by atoms with E-state index in [1.54, 1.807) is 37.4 Å². The molecule has 1 saturated heterocycles. The topological polar surface area (TPSA) is 96.3 Å². The van der Waals surface area contributed by atoms with Gasteiger partial charge in [-0.2, -0.15) is 0 Å². The lowest BCUT2D eigenvalue weighted by atomic mass is 9.94. The van der Waals surface area contributed by atoms with Crippen LogP contribution in [0.4, 0.5) is 0 Å². The third-order valence-corrected chi connectivity index (χ3v) is 6.20. The molecule has 186 valence electrons. The number of ketones is 1. The summed E-state index contributed by atoms with van der Waals surface area (Å²) in [7, 11) is 1.57. The van der Waals surface area contributed by atoms with E-state index in [4.69, 9.17) is 9.47 Å². The maximum absolute atomic E-state index is 13.1. The molecule has 7 heteroatoms. The number of benzene rings is 3. The van der Waals surface area contributed by atoms with E-state index in [1.807, 2.05) is 37.3 Å². The molecule has 0 bridgehead atoms. The third kappa shape index (κ3) is 5.26.